The molecule has 0 aromatic carbocycles. The topological polar surface area (TPSA) is 54.2 Å². The fraction of sp³-hybridized carbons (Fsp3) is 0.846. The average Bonchev–Trinajstić information content (AvgIpc) is 3.14. The van der Waals surface area contributed by atoms with E-state index in [0.717, 1.165) is 37.1 Å². The second-order valence-electron chi connectivity index (χ2n) is 5.54. The van der Waals surface area contributed by atoms with Gasteiger partial charge in [0, 0.05) is 25.6 Å². The van der Waals surface area contributed by atoms with E-state index >= 15 is 0 Å². The molecule has 18 heavy (non-hydrogen) atoms. The van der Waals surface area contributed by atoms with E-state index in [9.17, 15) is 0 Å². The molecule has 1 aliphatic heterocycles. The first-order valence-electron chi connectivity index (χ1n) is 7.06. The SMILES string of the molecule is Cc1noc(CCN2CCCNC(C3CC3)C2)n1. The molecule has 1 N–H and O–H groups in total. The number of rotatable bonds is 4. The zero-order chi connectivity index (χ0) is 12.4. The molecule has 100 valence electrons. The van der Waals surface area contributed by atoms with Gasteiger partial charge in [0.1, 0.15) is 0 Å². The Morgan fingerprint density at radius 3 is 3.06 bits per heavy atom. The van der Waals surface area contributed by atoms with Gasteiger partial charge in [-0.2, -0.15) is 4.98 Å². The number of nitrogens with zero attached hydrogens (tertiary/aromatic N) is 3. The Hall–Kier alpha value is -0.940. The van der Waals surface area contributed by atoms with Gasteiger partial charge in [-0.1, -0.05) is 5.16 Å². The zero-order valence-electron chi connectivity index (χ0n) is 11.1. The molecule has 1 unspecified atom stereocenters. The van der Waals surface area contributed by atoms with E-state index in [-0.39, 0.29) is 0 Å². The average molecular weight is 250 g/mol. The van der Waals surface area contributed by atoms with Crippen molar-refractivity contribution in [3.63, 3.8) is 0 Å². The van der Waals surface area contributed by atoms with E-state index in [1.807, 2.05) is 6.92 Å². The molecule has 0 radical (unpaired) electrons. The lowest BCUT2D eigenvalue weighted by Gasteiger charge is -2.23. The molecule has 1 aliphatic carbocycles. The summed E-state index contributed by atoms with van der Waals surface area (Å²) in [6.07, 6.45) is 4.94. The molecule has 0 bridgehead atoms. The maximum atomic E-state index is 5.17. The van der Waals surface area contributed by atoms with Gasteiger partial charge >= 0.3 is 0 Å². The zero-order valence-corrected chi connectivity index (χ0v) is 11.1. The molecule has 5 heteroatoms. The third-order valence-corrected chi connectivity index (χ3v) is 3.92. The van der Waals surface area contributed by atoms with Crippen molar-refractivity contribution < 1.29 is 4.52 Å². The molecule has 0 spiro atoms. The molecular formula is C13H22N4O. The van der Waals surface area contributed by atoms with Crippen LogP contribution < -0.4 is 5.32 Å². The quantitative estimate of drug-likeness (QED) is 0.864. The smallest absolute Gasteiger partial charge is 0.227 e. The van der Waals surface area contributed by atoms with Gasteiger partial charge in [-0.25, -0.2) is 0 Å². The molecule has 2 fully saturated rings. The van der Waals surface area contributed by atoms with Crippen molar-refractivity contribution in [1.82, 2.24) is 20.4 Å². The Bertz CT molecular complexity index is 388. The molecule has 3 rings (SSSR count). The molecule has 1 atom stereocenters. The maximum absolute atomic E-state index is 5.17. The molecule has 1 aromatic heterocycles. The van der Waals surface area contributed by atoms with Crippen molar-refractivity contribution in [3.8, 4) is 0 Å². The lowest BCUT2D eigenvalue weighted by molar-refractivity contribution is 0.250. The standard InChI is InChI=1S/C13H22N4O/c1-10-15-13(18-16-10)5-8-17-7-2-6-14-12(9-17)11-3-4-11/h11-12,14H,2-9H2,1H3. The minimum absolute atomic E-state index is 0.705. The van der Waals surface area contributed by atoms with Crippen molar-refractivity contribution in [3.05, 3.63) is 11.7 Å². The van der Waals surface area contributed by atoms with Gasteiger partial charge in [-0.15, -0.1) is 0 Å². The first kappa shape index (κ1) is 12.1. The third-order valence-electron chi connectivity index (χ3n) is 3.92. The van der Waals surface area contributed by atoms with Crippen LogP contribution in [0.25, 0.3) is 0 Å². The van der Waals surface area contributed by atoms with Crippen LogP contribution in [-0.2, 0) is 6.42 Å². The van der Waals surface area contributed by atoms with Crippen molar-refractivity contribution in [2.75, 3.05) is 26.2 Å². The van der Waals surface area contributed by atoms with Gasteiger partial charge in [-0.05, 0) is 45.2 Å². The van der Waals surface area contributed by atoms with Crippen LogP contribution in [0.4, 0.5) is 0 Å². The van der Waals surface area contributed by atoms with Gasteiger partial charge in [0.15, 0.2) is 5.82 Å². The van der Waals surface area contributed by atoms with Gasteiger partial charge < -0.3 is 14.7 Å². The molecule has 5 nitrogen and oxygen atoms in total. The summed E-state index contributed by atoms with van der Waals surface area (Å²) in [7, 11) is 0. The van der Waals surface area contributed by atoms with E-state index < -0.39 is 0 Å². The summed E-state index contributed by atoms with van der Waals surface area (Å²) in [6.45, 7) is 6.43. The molecule has 2 heterocycles. The Morgan fingerprint density at radius 2 is 2.33 bits per heavy atom. The number of aryl methyl sites for hydroxylation is 1. The van der Waals surface area contributed by atoms with Gasteiger partial charge in [-0.3, -0.25) is 0 Å². The molecular weight excluding hydrogens is 228 g/mol. The summed E-state index contributed by atoms with van der Waals surface area (Å²) in [5, 5.41) is 7.52. The highest BCUT2D eigenvalue weighted by molar-refractivity contribution is 4.91. The van der Waals surface area contributed by atoms with Crippen LogP contribution in [-0.4, -0.2) is 47.3 Å². The van der Waals surface area contributed by atoms with Crippen LogP contribution in [0.1, 0.15) is 31.0 Å². The molecule has 1 saturated heterocycles. The monoisotopic (exact) mass is 250 g/mol. The second kappa shape index (κ2) is 5.36. The predicted molar refractivity (Wildman–Crippen MR) is 68.3 cm³/mol. The molecule has 1 aromatic rings. The fourth-order valence-corrected chi connectivity index (χ4v) is 2.74. The van der Waals surface area contributed by atoms with Crippen molar-refractivity contribution in [1.29, 1.82) is 0 Å². The van der Waals surface area contributed by atoms with E-state index in [1.54, 1.807) is 0 Å². The second-order valence-corrected chi connectivity index (χ2v) is 5.54. The lowest BCUT2D eigenvalue weighted by Crippen LogP contribution is -2.39. The highest BCUT2D eigenvalue weighted by Gasteiger charge is 2.32. The Kier molecular flexibility index (Phi) is 3.61. The van der Waals surface area contributed by atoms with E-state index in [1.165, 1.54) is 32.4 Å². The van der Waals surface area contributed by atoms with E-state index in [4.69, 9.17) is 4.52 Å². The third kappa shape index (κ3) is 3.09. The Labute approximate surface area is 108 Å². The molecule has 0 amide bonds. The van der Waals surface area contributed by atoms with Gasteiger partial charge in [0.05, 0.1) is 0 Å². The number of nitrogens with one attached hydrogen (secondary N) is 1. The number of aromatic nitrogens is 2. The van der Waals surface area contributed by atoms with Crippen molar-refractivity contribution in [2.45, 2.75) is 38.6 Å². The first-order chi connectivity index (χ1) is 8.81. The van der Waals surface area contributed by atoms with Gasteiger partial charge in [0.2, 0.25) is 5.89 Å². The Morgan fingerprint density at radius 1 is 1.44 bits per heavy atom. The summed E-state index contributed by atoms with van der Waals surface area (Å²) in [6, 6.07) is 0.705. The summed E-state index contributed by atoms with van der Waals surface area (Å²) < 4.78 is 5.17. The summed E-state index contributed by atoms with van der Waals surface area (Å²) in [4.78, 5) is 6.81. The fourth-order valence-electron chi connectivity index (χ4n) is 2.74. The van der Waals surface area contributed by atoms with Crippen LogP contribution in [0, 0.1) is 12.8 Å². The highest BCUT2D eigenvalue weighted by Crippen LogP contribution is 2.33. The van der Waals surface area contributed by atoms with Crippen LogP contribution >= 0.6 is 0 Å². The van der Waals surface area contributed by atoms with Crippen molar-refractivity contribution in [2.24, 2.45) is 5.92 Å². The van der Waals surface area contributed by atoms with Crippen LogP contribution in [0.3, 0.4) is 0 Å². The molecule has 1 saturated carbocycles. The number of hydrogen-bond donors (Lipinski definition) is 1. The lowest BCUT2D eigenvalue weighted by atomic mass is 10.2. The van der Waals surface area contributed by atoms with Gasteiger partial charge in [0.25, 0.3) is 0 Å². The highest BCUT2D eigenvalue weighted by atomic mass is 16.5. The summed E-state index contributed by atoms with van der Waals surface area (Å²) >= 11 is 0. The predicted octanol–water partition coefficient (Wildman–Crippen LogP) is 0.994. The molecule has 2 aliphatic rings. The van der Waals surface area contributed by atoms with Crippen LogP contribution in [0.15, 0.2) is 4.52 Å². The Balaban J connectivity index is 1.51. The van der Waals surface area contributed by atoms with Crippen LogP contribution in [0.2, 0.25) is 0 Å². The van der Waals surface area contributed by atoms with Crippen LogP contribution in [0.5, 0.6) is 0 Å². The summed E-state index contributed by atoms with van der Waals surface area (Å²) in [5.74, 6) is 2.43. The minimum Gasteiger partial charge on any atom is -0.339 e. The normalized spacial score (nSPS) is 26.2. The largest absolute Gasteiger partial charge is 0.339 e. The van der Waals surface area contributed by atoms with E-state index in [2.05, 4.69) is 20.4 Å². The summed E-state index contributed by atoms with van der Waals surface area (Å²) in [5.41, 5.74) is 0. The maximum Gasteiger partial charge on any atom is 0.227 e. The minimum atomic E-state index is 0.705. The van der Waals surface area contributed by atoms with E-state index in [0.29, 0.717) is 6.04 Å². The first-order valence-corrected chi connectivity index (χ1v) is 7.06. The van der Waals surface area contributed by atoms with Crippen molar-refractivity contribution >= 4 is 0 Å². The number of hydrogen-bond acceptors (Lipinski definition) is 5.